The number of nitrogens with one attached hydrogen (secondary N) is 1. The number of hydrogen-bond acceptors (Lipinski definition) is 5. The third-order valence-corrected chi connectivity index (χ3v) is 7.57. The smallest absolute Gasteiger partial charge is 0.343 e. The number of aromatic amines is 1. The van der Waals surface area contributed by atoms with E-state index in [1.54, 1.807) is 0 Å². The summed E-state index contributed by atoms with van der Waals surface area (Å²) in [6.07, 6.45) is 7.43. The van der Waals surface area contributed by atoms with Crippen molar-refractivity contribution in [2.45, 2.75) is 96.1 Å². The van der Waals surface area contributed by atoms with Crippen LogP contribution in [-0.4, -0.2) is 54.2 Å². The second kappa shape index (κ2) is 7.91. The molecule has 7 unspecified atom stereocenters. The van der Waals surface area contributed by atoms with Gasteiger partial charge in [-0.05, 0) is 57.6 Å². The van der Waals surface area contributed by atoms with Crippen molar-refractivity contribution in [2.75, 3.05) is 0 Å². The third-order valence-electron chi connectivity index (χ3n) is 7.57. The molecule has 0 bridgehead atoms. The Morgan fingerprint density at radius 1 is 1.10 bits per heavy atom. The van der Waals surface area contributed by atoms with Crippen molar-refractivity contribution in [1.29, 1.82) is 0 Å². The van der Waals surface area contributed by atoms with E-state index in [0.29, 0.717) is 36.7 Å². The summed E-state index contributed by atoms with van der Waals surface area (Å²) in [5.41, 5.74) is -0.179. The van der Waals surface area contributed by atoms with Gasteiger partial charge in [-0.15, -0.1) is 0 Å². The van der Waals surface area contributed by atoms with Crippen molar-refractivity contribution in [3.05, 3.63) is 28.6 Å². The summed E-state index contributed by atoms with van der Waals surface area (Å²) in [5, 5.41) is 28.3. The van der Waals surface area contributed by atoms with E-state index in [1.165, 1.54) is 0 Å². The van der Waals surface area contributed by atoms with Gasteiger partial charge in [0.1, 0.15) is 5.82 Å². The van der Waals surface area contributed by atoms with Gasteiger partial charge in [0, 0.05) is 36.4 Å². The molecule has 0 saturated heterocycles. The Morgan fingerprint density at radius 2 is 1.83 bits per heavy atom. The van der Waals surface area contributed by atoms with Gasteiger partial charge in [-0.2, -0.15) is 5.10 Å². The quantitative estimate of drug-likeness (QED) is 0.716. The first-order valence-electron chi connectivity index (χ1n) is 11.3. The zero-order valence-corrected chi connectivity index (χ0v) is 18.0. The van der Waals surface area contributed by atoms with Crippen molar-refractivity contribution in [3.8, 4) is 0 Å². The van der Waals surface area contributed by atoms with Crippen molar-refractivity contribution in [1.82, 2.24) is 19.7 Å². The maximum absolute atomic E-state index is 12.8. The first kappa shape index (κ1) is 20.7. The maximum atomic E-state index is 12.8. The molecule has 29 heavy (non-hydrogen) atoms. The minimum absolute atomic E-state index is 0.0616. The van der Waals surface area contributed by atoms with Crippen molar-refractivity contribution in [2.24, 2.45) is 17.8 Å². The van der Waals surface area contributed by atoms with E-state index in [9.17, 15) is 15.0 Å². The molecular weight excluding hydrogens is 368 g/mol. The molecule has 2 fully saturated rings. The summed E-state index contributed by atoms with van der Waals surface area (Å²) in [7, 11) is 0. The summed E-state index contributed by atoms with van der Waals surface area (Å²) < 4.78 is 1.84. The van der Waals surface area contributed by atoms with Crippen molar-refractivity contribution >= 4 is 0 Å². The minimum atomic E-state index is -0.681. The van der Waals surface area contributed by atoms with Crippen LogP contribution in [0.25, 0.3) is 0 Å². The highest BCUT2D eigenvalue weighted by Crippen LogP contribution is 2.44. The van der Waals surface area contributed by atoms with E-state index >= 15 is 0 Å². The summed E-state index contributed by atoms with van der Waals surface area (Å²) in [6.45, 7) is 8.63. The molecule has 1 aromatic rings. The molecule has 7 heteroatoms. The summed E-state index contributed by atoms with van der Waals surface area (Å²) >= 11 is 0. The van der Waals surface area contributed by atoms with Crippen LogP contribution in [0.3, 0.4) is 0 Å². The Bertz CT molecular complexity index is 798. The fourth-order valence-electron chi connectivity index (χ4n) is 6.03. The second-order valence-corrected chi connectivity index (χ2v) is 9.90. The Kier molecular flexibility index (Phi) is 5.64. The average molecular weight is 405 g/mol. The molecule has 0 amide bonds. The van der Waals surface area contributed by atoms with E-state index < -0.39 is 12.2 Å². The van der Waals surface area contributed by atoms with Gasteiger partial charge in [0.05, 0.1) is 12.2 Å². The van der Waals surface area contributed by atoms with E-state index in [2.05, 4.69) is 55.1 Å². The lowest BCUT2D eigenvalue weighted by Gasteiger charge is -2.42. The van der Waals surface area contributed by atoms with Crippen molar-refractivity contribution < 1.29 is 10.2 Å². The fraction of sp³-hybridized carbons (Fsp3) is 0.818. The molecule has 0 aromatic carbocycles. The lowest BCUT2D eigenvalue weighted by Crippen LogP contribution is -2.45. The molecule has 7 atom stereocenters. The van der Waals surface area contributed by atoms with Gasteiger partial charge in [0.15, 0.2) is 0 Å². The molecule has 4 rings (SSSR count). The van der Waals surface area contributed by atoms with Crippen LogP contribution in [0.15, 0.2) is 17.1 Å². The van der Waals surface area contributed by atoms with Crippen LogP contribution in [-0.2, 0) is 0 Å². The maximum Gasteiger partial charge on any atom is 0.343 e. The number of fused-ring (bicyclic) bond motifs is 1. The Balaban J connectivity index is 1.66. The number of hydrogen-bond donors (Lipinski definition) is 3. The SMILES string of the molecule is CC(C)C1CC(c2n[nH]c(=O)n2C2CCCC3C2C=CN3C(C)C)C(O)CC1O. The molecule has 3 N–H and O–H groups in total. The summed E-state index contributed by atoms with van der Waals surface area (Å²) in [5.74, 6) is 1.15. The van der Waals surface area contributed by atoms with Gasteiger partial charge < -0.3 is 15.1 Å². The average Bonchev–Trinajstić information content (AvgIpc) is 3.25. The summed E-state index contributed by atoms with van der Waals surface area (Å²) in [6, 6.07) is 0.922. The van der Waals surface area contributed by atoms with E-state index in [1.807, 2.05) is 4.57 Å². The number of aromatic nitrogens is 3. The normalized spacial score (nSPS) is 37.5. The summed E-state index contributed by atoms with van der Waals surface area (Å²) in [4.78, 5) is 15.3. The van der Waals surface area contributed by atoms with Crippen LogP contribution in [0.2, 0.25) is 0 Å². The number of rotatable bonds is 4. The second-order valence-electron chi connectivity index (χ2n) is 9.90. The number of H-pyrrole nitrogens is 1. The number of nitrogens with zero attached hydrogens (tertiary/aromatic N) is 3. The lowest BCUT2D eigenvalue weighted by molar-refractivity contribution is -0.0303. The van der Waals surface area contributed by atoms with Gasteiger partial charge in [-0.25, -0.2) is 9.89 Å². The van der Waals surface area contributed by atoms with E-state index in [-0.39, 0.29) is 29.5 Å². The van der Waals surface area contributed by atoms with Crippen molar-refractivity contribution in [3.63, 3.8) is 0 Å². The van der Waals surface area contributed by atoms with Crippen LogP contribution in [0.5, 0.6) is 0 Å². The van der Waals surface area contributed by atoms with E-state index in [4.69, 9.17) is 0 Å². The zero-order chi connectivity index (χ0) is 20.9. The molecule has 162 valence electrons. The molecule has 7 nitrogen and oxygen atoms in total. The monoisotopic (exact) mass is 404 g/mol. The first-order chi connectivity index (χ1) is 13.8. The van der Waals surface area contributed by atoms with Gasteiger partial charge in [0.25, 0.3) is 0 Å². The molecular formula is C22H36N4O3. The standard InChI is InChI=1S/C22H36N4O3/c1-12(2)15-10-16(20(28)11-19(15)27)21-23-24-22(29)26(21)18-7-5-6-17-14(18)8-9-25(17)13(3)4/h8-9,12-20,27-28H,5-7,10-11H2,1-4H3,(H,24,29). The largest absolute Gasteiger partial charge is 0.393 e. The number of aliphatic hydroxyl groups excluding tert-OH is 2. The third kappa shape index (κ3) is 3.56. The Hall–Kier alpha value is -1.60. The highest BCUT2D eigenvalue weighted by molar-refractivity contribution is 5.14. The van der Waals surface area contributed by atoms with Gasteiger partial charge >= 0.3 is 5.69 Å². The zero-order valence-electron chi connectivity index (χ0n) is 18.0. The van der Waals surface area contributed by atoms with Crippen LogP contribution < -0.4 is 5.69 Å². The topological polar surface area (TPSA) is 94.4 Å². The molecule has 2 saturated carbocycles. The predicted octanol–water partition coefficient (Wildman–Crippen LogP) is 2.39. The van der Waals surface area contributed by atoms with Crippen LogP contribution in [0.4, 0.5) is 0 Å². The highest BCUT2D eigenvalue weighted by atomic mass is 16.3. The highest BCUT2D eigenvalue weighted by Gasteiger charge is 2.44. The van der Waals surface area contributed by atoms with Crippen LogP contribution >= 0.6 is 0 Å². The predicted molar refractivity (Wildman–Crippen MR) is 111 cm³/mol. The lowest BCUT2D eigenvalue weighted by atomic mass is 9.72. The Labute approximate surface area is 172 Å². The molecule has 2 heterocycles. The van der Waals surface area contributed by atoms with Crippen LogP contribution in [0, 0.1) is 17.8 Å². The van der Waals surface area contributed by atoms with Gasteiger partial charge in [0.2, 0.25) is 0 Å². The van der Waals surface area contributed by atoms with Crippen LogP contribution in [0.1, 0.15) is 77.6 Å². The molecule has 1 aromatic heterocycles. The molecule has 0 radical (unpaired) electrons. The fourth-order valence-corrected chi connectivity index (χ4v) is 6.03. The molecule has 0 spiro atoms. The van der Waals surface area contributed by atoms with Gasteiger partial charge in [-0.1, -0.05) is 19.9 Å². The number of aliphatic hydroxyl groups is 2. The van der Waals surface area contributed by atoms with Gasteiger partial charge in [-0.3, -0.25) is 4.57 Å². The van der Waals surface area contributed by atoms with E-state index in [0.717, 1.165) is 19.3 Å². The first-order valence-corrected chi connectivity index (χ1v) is 11.3. The molecule has 3 aliphatic rings. The Morgan fingerprint density at radius 3 is 2.52 bits per heavy atom. The molecule has 2 aliphatic carbocycles. The molecule has 1 aliphatic heterocycles. The minimum Gasteiger partial charge on any atom is -0.393 e.